The summed E-state index contributed by atoms with van der Waals surface area (Å²) in [4.78, 5) is 0. The first-order chi connectivity index (χ1) is 9.11. The quantitative estimate of drug-likeness (QED) is 0.929. The van der Waals surface area contributed by atoms with Crippen LogP contribution in [-0.4, -0.2) is 0 Å². The maximum absolute atomic E-state index is 13.4. The van der Waals surface area contributed by atoms with Gasteiger partial charge >= 0.3 is 0 Å². The number of benzene rings is 2. The predicted molar refractivity (Wildman–Crippen MR) is 70.0 cm³/mol. The van der Waals surface area contributed by atoms with Crippen LogP contribution in [0.25, 0.3) is 0 Å². The molecule has 100 valence electrons. The molecular weight excluding hydrogens is 272 g/mol. The molecule has 0 aliphatic heterocycles. The van der Waals surface area contributed by atoms with E-state index in [4.69, 9.17) is 22.1 Å². The Morgan fingerprint density at radius 1 is 1.16 bits per heavy atom. The van der Waals surface area contributed by atoms with Gasteiger partial charge in [0.2, 0.25) is 0 Å². The highest BCUT2D eigenvalue weighted by atomic mass is 35.5. The average Bonchev–Trinajstić information content (AvgIpc) is 2.41. The molecule has 0 aliphatic rings. The van der Waals surface area contributed by atoms with E-state index in [9.17, 15) is 8.78 Å². The summed E-state index contributed by atoms with van der Waals surface area (Å²) in [5, 5.41) is 0.389. The third-order valence-electron chi connectivity index (χ3n) is 2.65. The van der Waals surface area contributed by atoms with Crippen LogP contribution in [0.3, 0.4) is 0 Å². The van der Waals surface area contributed by atoms with Crippen LogP contribution < -0.4 is 10.5 Å². The molecule has 2 aromatic carbocycles. The molecule has 0 bridgehead atoms. The molecule has 2 N–H and O–H groups in total. The molecular formula is C14H12ClF2NO. The third-order valence-corrected chi connectivity index (χ3v) is 2.94. The molecule has 2 rings (SSSR count). The Kier molecular flexibility index (Phi) is 4.35. The first-order valence-electron chi connectivity index (χ1n) is 5.66. The molecule has 0 fully saturated rings. The van der Waals surface area contributed by atoms with E-state index < -0.39 is 11.6 Å². The summed E-state index contributed by atoms with van der Waals surface area (Å²) in [5.74, 6) is -1.40. The van der Waals surface area contributed by atoms with E-state index in [1.807, 2.05) is 0 Å². The second-order valence-electron chi connectivity index (χ2n) is 3.97. The smallest absolute Gasteiger partial charge is 0.165 e. The highest BCUT2D eigenvalue weighted by Crippen LogP contribution is 2.26. The Hall–Kier alpha value is -1.65. The van der Waals surface area contributed by atoms with Crippen LogP contribution in [0.1, 0.15) is 11.1 Å². The highest BCUT2D eigenvalue weighted by Gasteiger charge is 2.09. The standard InChI is InChI=1S/C14H12ClF2NO/c15-11-6-9(7-18)4-5-13(11)19-8-10-2-1-3-12(16)14(10)17/h1-6H,7-8,18H2. The van der Waals surface area contributed by atoms with Gasteiger partial charge in [-0.2, -0.15) is 0 Å². The molecule has 2 aromatic rings. The summed E-state index contributed by atoms with van der Waals surface area (Å²) in [6.45, 7) is 0.282. The van der Waals surface area contributed by atoms with E-state index in [1.54, 1.807) is 18.2 Å². The van der Waals surface area contributed by atoms with Crippen LogP contribution in [0.2, 0.25) is 5.02 Å². The van der Waals surface area contributed by atoms with Gasteiger partial charge in [0.05, 0.1) is 5.02 Å². The Morgan fingerprint density at radius 3 is 2.63 bits per heavy atom. The minimum Gasteiger partial charge on any atom is -0.487 e. The number of nitrogens with two attached hydrogens (primary N) is 1. The highest BCUT2D eigenvalue weighted by molar-refractivity contribution is 6.32. The number of hydrogen-bond donors (Lipinski definition) is 1. The van der Waals surface area contributed by atoms with Gasteiger partial charge in [-0.3, -0.25) is 0 Å². The van der Waals surface area contributed by atoms with Crippen LogP contribution in [-0.2, 0) is 13.2 Å². The molecule has 0 radical (unpaired) electrons. The Labute approximate surface area is 114 Å². The van der Waals surface area contributed by atoms with Gasteiger partial charge in [-0.25, -0.2) is 8.78 Å². The van der Waals surface area contributed by atoms with Crippen molar-refractivity contribution in [3.63, 3.8) is 0 Å². The second kappa shape index (κ2) is 5.99. The van der Waals surface area contributed by atoms with E-state index >= 15 is 0 Å². The minimum atomic E-state index is -0.905. The molecule has 19 heavy (non-hydrogen) atoms. The molecule has 0 aromatic heterocycles. The monoisotopic (exact) mass is 283 g/mol. The lowest BCUT2D eigenvalue weighted by Crippen LogP contribution is -2.01. The van der Waals surface area contributed by atoms with Crippen LogP contribution in [0.15, 0.2) is 36.4 Å². The summed E-state index contributed by atoms with van der Waals surface area (Å²) in [6, 6.07) is 9.04. The molecule has 2 nitrogen and oxygen atoms in total. The Bertz CT molecular complexity index is 590. The van der Waals surface area contributed by atoms with Crippen molar-refractivity contribution in [1.29, 1.82) is 0 Å². The minimum absolute atomic E-state index is 0.0920. The first-order valence-corrected chi connectivity index (χ1v) is 6.04. The number of hydrogen-bond acceptors (Lipinski definition) is 2. The topological polar surface area (TPSA) is 35.2 Å². The zero-order chi connectivity index (χ0) is 13.8. The van der Waals surface area contributed by atoms with Crippen LogP contribution in [0.5, 0.6) is 5.75 Å². The second-order valence-corrected chi connectivity index (χ2v) is 4.38. The Balaban J connectivity index is 2.12. The van der Waals surface area contributed by atoms with E-state index in [2.05, 4.69) is 0 Å². The van der Waals surface area contributed by atoms with Gasteiger partial charge in [-0.15, -0.1) is 0 Å². The molecule has 0 amide bonds. The van der Waals surface area contributed by atoms with Gasteiger partial charge < -0.3 is 10.5 Å². The van der Waals surface area contributed by atoms with Crippen molar-refractivity contribution in [2.75, 3.05) is 0 Å². The van der Waals surface area contributed by atoms with Gasteiger partial charge in [0.25, 0.3) is 0 Å². The molecule has 0 spiro atoms. The lowest BCUT2D eigenvalue weighted by molar-refractivity contribution is 0.297. The summed E-state index contributed by atoms with van der Waals surface area (Å²) < 4.78 is 31.8. The normalized spacial score (nSPS) is 10.5. The number of ether oxygens (including phenoxy) is 1. The molecule has 0 heterocycles. The van der Waals surface area contributed by atoms with Crippen molar-refractivity contribution in [2.24, 2.45) is 5.73 Å². The van der Waals surface area contributed by atoms with Crippen molar-refractivity contribution < 1.29 is 13.5 Å². The van der Waals surface area contributed by atoms with Crippen LogP contribution in [0.4, 0.5) is 8.78 Å². The molecule has 0 aliphatic carbocycles. The zero-order valence-corrected chi connectivity index (χ0v) is 10.8. The molecule has 5 heteroatoms. The van der Waals surface area contributed by atoms with Crippen molar-refractivity contribution in [1.82, 2.24) is 0 Å². The van der Waals surface area contributed by atoms with Crippen molar-refractivity contribution >= 4 is 11.6 Å². The fourth-order valence-corrected chi connectivity index (χ4v) is 1.86. The molecule has 0 saturated carbocycles. The summed E-state index contributed by atoms with van der Waals surface area (Å²) in [6.07, 6.45) is 0. The molecule has 0 saturated heterocycles. The fraction of sp³-hybridized carbons (Fsp3) is 0.143. The summed E-state index contributed by atoms with van der Waals surface area (Å²) in [7, 11) is 0. The average molecular weight is 284 g/mol. The first kappa shape index (κ1) is 13.8. The van der Waals surface area contributed by atoms with Gasteiger partial charge in [0.1, 0.15) is 12.4 Å². The summed E-state index contributed by atoms with van der Waals surface area (Å²) >= 11 is 6.00. The van der Waals surface area contributed by atoms with Gasteiger partial charge in [0, 0.05) is 12.1 Å². The fourth-order valence-electron chi connectivity index (χ4n) is 1.60. The maximum Gasteiger partial charge on any atom is 0.165 e. The van der Waals surface area contributed by atoms with E-state index in [0.29, 0.717) is 17.3 Å². The number of halogens is 3. The predicted octanol–water partition coefficient (Wildman–Crippen LogP) is 3.66. The largest absolute Gasteiger partial charge is 0.487 e. The molecule has 0 unspecified atom stereocenters. The van der Waals surface area contributed by atoms with Crippen molar-refractivity contribution in [3.05, 3.63) is 64.2 Å². The summed E-state index contributed by atoms with van der Waals surface area (Å²) in [5.41, 5.74) is 6.49. The van der Waals surface area contributed by atoms with Crippen LogP contribution in [0, 0.1) is 11.6 Å². The molecule has 0 atom stereocenters. The van der Waals surface area contributed by atoms with Gasteiger partial charge in [0.15, 0.2) is 11.6 Å². The van der Waals surface area contributed by atoms with Gasteiger partial charge in [-0.05, 0) is 23.8 Å². The van der Waals surface area contributed by atoms with Gasteiger partial charge in [-0.1, -0.05) is 29.8 Å². The maximum atomic E-state index is 13.4. The van der Waals surface area contributed by atoms with E-state index in [0.717, 1.165) is 11.6 Å². The van der Waals surface area contributed by atoms with Crippen LogP contribution >= 0.6 is 11.6 Å². The Morgan fingerprint density at radius 2 is 1.95 bits per heavy atom. The zero-order valence-electron chi connectivity index (χ0n) is 10.00. The SMILES string of the molecule is NCc1ccc(OCc2cccc(F)c2F)c(Cl)c1. The van der Waals surface area contributed by atoms with Crippen molar-refractivity contribution in [2.45, 2.75) is 13.2 Å². The lowest BCUT2D eigenvalue weighted by Gasteiger charge is -2.10. The van der Waals surface area contributed by atoms with E-state index in [1.165, 1.54) is 12.1 Å². The number of rotatable bonds is 4. The third kappa shape index (κ3) is 3.22. The van der Waals surface area contributed by atoms with E-state index in [-0.39, 0.29) is 12.2 Å². The lowest BCUT2D eigenvalue weighted by atomic mass is 10.2. The van der Waals surface area contributed by atoms with Crippen molar-refractivity contribution in [3.8, 4) is 5.75 Å².